The quantitative estimate of drug-likeness (QED) is 0.739. The number of nitrogens with zero attached hydrogens (tertiary/aromatic N) is 1. The fourth-order valence-electron chi connectivity index (χ4n) is 3.62. The zero-order valence-electron chi connectivity index (χ0n) is 11.6. The van der Waals surface area contributed by atoms with Crippen molar-refractivity contribution in [3.05, 3.63) is 72.8 Å². The number of rotatable bonds is 1. The second-order valence-corrected chi connectivity index (χ2v) is 5.92. The van der Waals surface area contributed by atoms with Crippen molar-refractivity contribution in [3.8, 4) is 11.5 Å². The van der Waals surface area contributed by atoms with Crippen molar-refractivity contribution < 1.29 is 4.74 Å². The lowest BCUT2D eigenvalue weighted by Gasteiger charge is -2.38. The van der Waals surface area contributed by atoms with Gasteiger partial charge in [0.2, 0.25) is 0 Å². The van der Waals surface area contributed by atoms with Gasteiger partial charge in [-0.25, -0.2) is 0 Å². The highest BCUT2D eigenvalue weighted by molar-refractivity contribution is 5.81. The zero-order chi connectivity index (χ0) is 13.9. The molecule has 2 heteroatoms. The van der Waals surface area contributed by atoms with Crippen molar-refractivity contribution in [3.63, 3.8) is 0 Å². The van der Waals surface area contributed by atoms with Gasteiger partial charge in [0.05, 0.1) is 16.9 Å². The SMILES string of the molecule is C1=CC2CC2(N2c3ccccc3Oc3ccccc32)C=C1. The minimum absolute atomic E-state index is 0.0880. The third kappa shape index (κ3) is 1.42. The van der Waals surface area contributed by atoms with Crippen molar-refractivity contribution >= 4 is 11.4 Å². The van der Waals surface area contributed by atoms with Crippen LogP contribution in [0.1, 0.15) is 6.42 Å². The van der Waals surface area contributed by atoms with Gasteiger partial charge in [0, 0.05) is 5.92 Å². The van der Waals surface area contributed by atoms with Gasteiger partial charge in [-0.3, -0.25) is 0 Å². The van der Waals surface area contributed by atoms with Crippen LogP contribution in [0.2, 0.25) is 0 Å². The van der Waals surface area contributed by atoms with Gasteiger partial charge >= 0.3 is 0 Å². The third-order valence-electron chi connectivity index (χ3n) is 4.72. The Balaban J connectivity index is 1.75. The number of ether oxygens (including phenoxy) is 1. The highest BCUT2D eigenvalue weighted by Gasteiger charge is 2.57. The summed E-state index contributed by atoms with van der Waals surface area (Å²) in [6.07, 6.45) is 10.2. The lowest BCUT2D eigenvalue weighted by atomic mass is 10.0. The Kier molecular flexibility index (Phi) is 2.02. The third-order valence-corrected chi connectivity index (χ3v) is 4.72. The molecule has 2 atom stereocenters. The van der Waals surface area contributed by atoms with Crippen LogP contribution in [0, 0.1) is 5.92 Å². The molecular formula is C19H15NO. The van der Waals surface area contributed by atoms with Gasteiger partial charge in [0.1, 0.15) is 0 Å². The molecule has 21 heavy (non-hydrogen) atoms. The van der Waals surface area contributed by atoms with Gasteiger partial charge in [0.25, 0.3) is 0 Å². The Morgan fingerprint density at radius 1 is 0.905 bits per heavy atom. The minimum atomic E-state index is 0.0880. The number of para-hydroxylation sites is 4. The summed E-state index contributed by atoms with van der Waals surface area (Å²) in [5, 5.41) is 0. The number of hydrogen-bond acceptors (Lipinski definition) is 2. The fraction of sp³-hybridized carbons (Fsp3) is 0.158. The summed E-state index contributed by atoms with van der Waals surface area (Å²) in [7, 11) is 0. The Hall–Kier alpha value is -2.48. The van der Waals surface area contributed by atoms with Crippen LogP contribution >= 0.6 is 0 Å². The van der Waals surface area contributed by atoms with E-state index in [-0.39, 0.29) is 5.54 Å². The van der Waals surface area contributed by atoms with E-state index in [1.54, 1.807) is 0 Å². The number of fused-ring (bicyclic) bond motifs is 3. The molecule has 2 unspecified atom stereocenters. The summed E-state index contributed by atoms with van der Waals surface area (Å²) in [5.74, 6) is 2.49. The predicted molar refractivity (Wildman–Crippen MR) is 84.2 cm³/mol. The maximum absolute atomic E-state index is 6.08. The lowest BCUT2D eigenvalue weighted by Crippen LogP contribution is -2.35. The van der Waals surface area contributed by atoms with Crippen LogP contribution in [-0.2, 0) is 0 Å². The fourth-order valence-corrected chi connectivity index (χ4v) is 3.62. The standard InChI is InChI=1S/C19H15NO/c1-3-10-17-15(8-1)20(16-9-2-4-11-18(16)21-17)19-12-6-5-7-14(19)13-19/h1-12,14H,13H2. The van der Waals surface area contributed by atoms with Gasteiger partial charge in [-0.15, -0.1) is 0 Å². The lowest BCUT2D eigenvalue weighted by molar-refractivity contribution is 0.468. The second kappa shape index (κ2) is 3.79. The van der Waals surface area contributed by atoms with Crippen molar-refractivity contribution in [2.75, 3.05) is 4.90 Å². The molecule has 1 fully saturated rings. The van der Waals surface area contributed by atoms with Crippen LogP contribution in [-0.4, -0.2) is 5.54 Å². The van der Waals surface area contributed by atoms with Gasteiger partial charge in [-0.2, -0.15) is 0 Å². The number of anilines is 2. The molecule has 1 heterocycles. The Bertz CT molecular complexity index is 746. The highest BCUT2D eigenvalue weighted by Crippen LogP contribution is 2.60. The molecule has 1 aliphatic heterocycles. The van der Waals surface area contributed by atoms with E-state index in [1.807, 2.05) is 12.1 Å². The summed E-state index contributed by atoms with van der Waals surface area (Å²) >= 11 is 0. The molecule has 2 nitrogen and oxygen atoms in total. The normalized spacial score (nSPS) is 27.4. The molecule has 0 spiro atoms. The summed E-state index contributed by atoms with van der Waals surface area (Å²) in [4.78, 5) is 2.46. The molecule has 0 bridgehead atoms. The molecule has 5 rings (SSSR count). The summed E-state index contributed by atoms with van der Waals surface area (Å²) in [6, 6.07) is 16.6. The average Bonchev–Trinajstić information content (AvgIpc) is 3.27. The number of benzene rings is 2. The van der Waals surface area contributed by atoms with E-state index in [0.717, 1.165) is 11.5 Å². The molecular weight excluding hydrogens is 258 g/mol. The maximum Gasteiger partial charge on any atom is 0.151 e. The first-order valence-corrected chi connectivity index (χ1v) is 7.41. The molecule has 102 valence electrons. The van der Waals surface area contributed by atoms with Crippen LogP contribution in [0.15, 0.2) is 72.8 Å². The molecule has 2 aliphatic carbocycles. The predicted octanol–water partition coefficient (Wildman–Crippen LogP) is 4.82. The van der Waals surface area contributed by atoms with E-state index in [9.17, 15) is 0 Å². The molecule has 0 saturated heterocycles. The smallest absolute Gasteiger partial charge is 0.151 e. The largest absolute Gasteiger partial charge is 0.453 e. The van der Waals surface area contributed by atoms with Crippen molar-refractivity contribution in [1.29, 1.82) is 0 Å². The highest BCUT2D eigenvalue weighted by atomic mass is 16.5. The molecule has 2 aromatic rings. The Morgan fingerprint density at radius 2 is 1.57 bits per heavy atom. The molecule has 0 N–H and O–H groups in total. The minimum Gasteiger partial charge on any atom is -0.453 e. The number of allylic oxidation sites excluding steroid dienone is 2. The zero-order valence-corrected chi connectivity index (χ0v) is 11.6. The van der Waals surface area contributed by atoms with E-state index in [0.29, 0.717) is 5.92 Å². The van der Waals surface area contributed by atoms with Gasteiger partial charge in [0.15, 0.2) is 11.5 Å². The topological polar surface area (TPSA) is 12.5 Å². The van der Waals surface area contributed by atoms with Crippen molar-refractivity contribution in [2.24, 2.45) is 5.92 Å². The van der Waals surface area contributed by atoms with E-state index in [1.165, 1.54) is 17.8 Å². The monoisotopic (exact) mass is 273 g/mol. The Labute approximate surface area is 124 Å². The van der Waals surface area contributed by atoms with E-state index in [4.69, 9.17) is 4.74 Å². The summed E-state index contributed by atoms with van der Waals surface area (Å²) in [6.45, 7) is 0. The van der Waals surface area contributed by atoms with Crippen LogP contribution in [0.4, 0.5) is 11.4 Å². The van der Waals surface area contributed by atoms with Gasteiger partial charge in [-0.05, 0) is 30.7 Å². The molecule has 0 radical (unpaired) electrons. The summed E-state index contributed by atoms with van der Waals surface area (Å²) < 4.78 is 6.08. The van der Waals surface area contributed by atoms with E-state index < -0.39 is 0 Å². The first-order chi connectivity index (χ1) is 10.4. The summed E-state index contributed by atoms with van der Waals surface area (Å²) in [5.41, 5.74) is 2.42. The molecule has 2 aromatic carbocycles. The first-order valence-electron chi connectivity index (χ1n) is 7.41. The van der Waals surface area contributed by atoms with Crippen LogP contribution < -0.4 is 9.64 Å². The molecule has 3 aliphatic rings. The van der Waals surface area contributed by atoms with Crippen LogP contribution in [0.25, 0.3) is 0 Å². The van der Waals surface area contributed by atoms with Gasteiger partial charge in [-0.1, -0.05) is 48.6 Å². The molecule has 1 saturated carbocycles. The average molecular weight is 273 g/mol. The van der Waals surface area contributed by atoms with E-state index >= 15 is 0 Å². The molecule has 0 amide bonds. The van der Waals surface area contributed by atoms with Crippen molar-refractivity contribution in [1.82, 2.24) is 0 Å². The van der Waals surface area contributed by atoms with Crippen LogP contribution in [0.3, 0.4) is 0 Å². The number of hydrogen-bond donors (Lipinski definition) is 0. The Morgan fingerprint density at radius 3 is 2.24 bits per heavy atom. The second-order valence-electron chi connectivity index (χ2n) is 5.92. The van der Waals surface area contributed by atoms with Crippen molar-refractivity contribution in [2.45, 2.75) is 12.0 Å². The van der Waals surface area contributed by atoms with Gasteiger partial charge < -0.3 is 9.64 Å². The first kappa shape index (κ1) is 11.2. The van der Waals surface area contributed by atoms with Crippen LogP contribution in [0.5, 0.6) is 11.5 Å². The maximum atomic E-state index is 6.08. The van der Waals surface area contributed by atoms with E-state index in [2.05, 4.69) is 65.6 Å². The molecule has 0 aromatic heterocycles.